The Morgan fingerprint density at radius 1 is 1.53 bits per heavy atom. The first-order valence-corrected chi connectivity index (χ1v) is 5.69. The number of ether oxygens (including phenoxy) is 1. The van der Waals surface area contributed by atoms with E-state index in [-0.39, 0.29) is 12.5 Å². The van der Waals surface area contributed by atoms with E-state index in [1.165, 1.54) is 0 Å². The molecule has 2 amide bonds. The number of urea groups is 1. The summed E-state index contributed by atoms with van der Waals surface area (Å²) in [5.41, 5.74) is 5.32. The maximum atomic E-state index is 11.7. The molecule has 1 aliphatic rings. The van der Waals surface area contributed by atoms with Crippen molar-refractivity contribution in [1.29, 1.82) is 0 Å². The Morgan fingerprint density at radius 3 is 2.94 bits per heavy atom. The molecule has 17 heavy (non-hydrogen) atoms. The number of carboxylic acids is 1. The van der Waals surface area contributed by atoms with Gasteiger partial charge in [-0.3, -0.25) is 4.79 Å². The molecule has 1 rings (SSSR count). The van der Waals surface area contributed by atoms with E-state index < -0.39 is 12.1 Å². The highest BCUT2D eigenvalue weighted by atomic mass is 16.5. The molecule has 98 valence electrons. The van der Waals surface area contributed by atoms with Crippen LogP contribution in [0.25, 0.3) is 0 Å². The second-order valence-corrected chi connectivity index (χ2v) is 3.91. The summed E-state index contributed by atoms with van der Waals surface area (Å²) < 4.78 is 5.27. The van der Waals surface area contributed by atoms with Crippen LogP contribution in [-0.2, 0) is 9.53 Å². The molecular weight excluding hydrogens is 226 g/mol. The number of hydrogen-bond acceptors (Lipinski definition) is 4. The number of carbonyl (C=O) groups is 2. The third-order valence-corrected chi connectivity index (χ3v) is 2.49. The average Bonchev–Trinajstić information content (AvgIpc) is 2.28. The summed E-state index contributed by atoms with van der Waals surface area (Å²) in [6.07, 6.45) is 0.239. The van der Waals surface area contributed by atoms with Crippen molar-refractivity contribution in [2.75, 3.05) is 32.8 Å². The fraction of sp³-hybridized carbons (Fsp3) is 0.800. The number of rotatable bonds is 5. The molecule has 1 heterocycles. The van der Waals surface area contributed by atoms with Crippen molar-refractivity contribution < 1.29 is 19.4 Å². The van der Waals surface area contributed by atoms with E-state index in [9.17, 15) is 9.59 Å². The Kier molecular flexibility index (Phi) is 5.71. The molecule has 1 atom stereocenters. The molecule has 7 heteroatoms. The fourth-order valence-electron chi connectivity index (χ4n) is 1.63. The zero-order chi connectivity index (χ0) is 12.7. The minimum atomic E-state index is -0.916. The normalized spacial score (nSPS) is 20.1. The molecule has 0 aromatic rings. The molecule has 0 saturated carbocycles. The van der Waals surface area contributed by atoms with Crippen LogP contribution >= 0.6 is 0 Å². The number of hydrogen-bond donors (Lipinski definition) is 3. The van der Waals surface area contributed by atoms with Crippen molar-refractivity contribution >= 4 is 12.0 Å². The summed E-state index contributed by atoms with van der Waals surface area (Å²) in [5, 5.41) is 11.4. The Hall–Kier alpha value is -1.34. The van der Waals surface area contributed by atoms with E-state index in [0.29, 0.717) is 32.8 Å². The monoisotopic (exact) mass is 245 g/mol. The van der Waals surface area contributed by atoms with Crippen LogP contribution in [0.4, 0.5) is 4.79 Å². The smallest absolute Gasteiger partial charge is 0.317 e. The number of aliphatic carboxylic acids is 1. The van der Waals surface area contributed by atoms with Crippen molar-refractivity contribution in [2.24, 2.45) is 5.73 Å². The number of nitrogens with one attached hydrogen (secondary N) is 1. The summed E-state index contributed by atoms with van der Waals surface area (Å²) in [6.45, 7) is 2.26. The van der Waals surface area contributed by atoms with Crippen LogP contribution in [0.15, 0.2) is 0 Å². The average molecular weight is 245 g/mol. The first-order chi connectivity index (χ1) is 8.13. The molecule has 1 saturated heterocycles. The van der Waals surface area contributed by atoms with Crippen molar-refractivity contribution in [3.05, 3.63) is 0 Å². The lowest BCUT2D eigenvalue weighted by atomic mass is 10.2. The molecule has 7 nitrogen and oxygen atoms in total. The number of carbonyl (C=O) groups excluding carboxylic acids is 1. The van der Waals surface area contributed by atoms with Gasteiger partial charge in [0.25, 0.3) is 0 Å². The van der Waals surface area contributed by atoms with Gasteiger partial charge in [0, 0.05) is 19.6 Å². The van der Waals surface area contributed by atoms with Gasteiger partial charge in [0.1, 0.15) is 0 Å². The van der Waals surface area contributed by atoms with E-state index in [1.54, 1.807) is 4.90 Å². The second kappa shape index (κ2) is 7.08. The highest BCUT2D eigenvalue weighted by Gasteiger charge is 2.25. The van der Waals surface area contributed by atoms with Crippen LogP contribution in [0.1, 0.15) is 12.8 Å². The van der Waals surface area contributed by atoms with E-state index in [2.05, 4.69) is 5.32 Å². The van der Waals surface area contributed by atoms with Crippen LogP contribution in [-0.4, -0.2) is 60.9 Å². The first-order valence-electron chi connectivity index (χ1n) is 5.69. The molecule has 0 radical (unpaired) electrons. The summed E-state index contributed by atoms with van der Waals surface area (Å²) >= 11 is 0. The number of nitrogens with zero attached hydrogens (tertiary/aromatic N) is 1. The van der Waals surface area contributed by atoms with Gasteiger partial charge >= 0.3 is 12.0 Å². The number of nitrogens with two attached hydrogens (primary N) is 1. The molecule has 1 aliphatic heterocycles. The Bertz CT molecular complexity index is 272. The molecule has 4 N–H and O–H groups in total. The van der Waals surface area contributed by atoms with Crippen LogP contribution in [0.3, 0.4) is 0 Å². The van der Waals surface area contributed by atoms with Gasteiger partial charge < -0.3 is 25.8 Å². The Balaban J connectivity index is 2.32. The second-order valence-electron chi connectivity index (χ2n) is 3.91. The molecule has 0 spiro atoms. The molecule has 0 aliphatic carbocycles. The van der Waals surface area contributed by atoms with Gasteiger partial charge in [-0.15, -0.1) is 0 Å². The molecular formula is C10H19N3O4. The van der Waals surface area contributed by atoms with Crippen LogP contribution in [0.5, 0.6) is 0 Å². The minimum Gasteiger partial charge on any atom is -0.481 e. The molecule has 1 unspecified atom stereocenters. The summed E-state index contributed by atoms with van der Waals surface area (Å²) in [7, 11) is 0. The van der Waals surface area contributed by atoms with E-state index in [4.69, 9.17) is 15.6 Å². The lowest BCUT2D eigenvalue weighted by molar-refractivity contribution is -0.141. The quantitative estimate of drug-likeness (QED) is 0.551. The SMILES string of the molecule is NCCCNC(=O)N1CCOC(CC(=O)O)C1. The van der Waals surface area contributed by atoms with Gasteiger partial charge in [0.05, 0.1) is 19.1 Å². The van der Waals surface area contributed by atoms with E-state index >= 15 is 0 Å². The summed E-state index contributed by atoms with van der Waals surface area (Å²) in [5.74, 6) is -0.916. The largest absolute Gasteiger partial charge is 0.481 e. The Morgan fingerprint density at radius 2 is 2.29 bits per heavy atom. The molecule has 1 fully saturated rings. The summed E-state index contributed by atoms with van der Waals surface area (Å²) in [6, 6.07) is -0.183. The standard InChI is InChI=1S/C10H19N3O4/c11-2-1-3-12-10(16)13-4-5-17-8(7-13)6-9(14)15/h8H,1-7,11H2,(H,12,16)(H,14,15). The van der Waals surface area contributed by atoms with Crippen LogP contribution in [0, 0.1) is 0 Å². The number of amides is 2. The Labute approximate surface area is 99.9 Å². The highest BCUT2D eigenvalue weighted by Crippen LogP contribution is 2.08. The lowest BCUT2D eigenvalue weighted by Gasteiger charge is -2.32. The van der Waals surface area contributed by atoms with Crippen molar-refractivity contribution in [2.45, 2.75) is 18.9 Å². The van der Waals surface area contributed by atoms with Crippen molar-refractivity contribution in [1.82, 2.24) is 10.2 Å². The third kappa shape index (κ3) is 5.01. The van der Waals surface area contributed by atoms with Gasteiger partial charge in [-0.25, -0.2) is 4.79 Å². The van der Waals surface area contributed by atoms with Gasteiger partial charge in [-0.1, -0.05) is 0 Å². The summed E-state index contributed by atoms with van der Waals surface area (Å²) in [4.78, 5) is 23.8. The molecule has 0 aromatic heterocycles. The zero-order valence-electron chi connectivity index (χ0n) is 9.72. The minimum absolute atomic E-state index is 0.0768. The predicted octanol–water partition coefficient (Wildman–Crippen LogP) is -0.780. The van der Waals surface area contributed by atoms with Gasteiger partial charge in [-0.2, -0.15) is 0 Å². The lowest BCUT2D eigenvalue weighted by Crippen LogP contribution is -2.50. The van der Waals surface area contributed by atoms with Crippen molar-refractivity contribution in [3.63, 3.8) is 0 Å². The molecule has 0 aromatic carbocycles. The maximum absolute atomic E-state index is 11.7. The van der Waals surface area contributed by atoms with E-state index in [0.717, 1.165) is 6.42 Å². The van der Waals surface area contributed by atoms with Crippen LogP contribution < -0.4 is 11.1 Å². The third-order valence-electron chi connectivity index (χ3n) is 2.49. The number of morpholine rings is 1. The molecule has 0 bridgehead atoms. The van der Waals surface area contributed by atoms with Gasteiger partial charge in [0.2, 0.25) is 0 Å². The fourth-order valence-corrected chi connectivity index (χ4v) is 1.63. The number of carboxylic acid groups (broad SMARTS) is 1. The maximum Gasteiger partial charge on any atom is 0.317 e. The van der Waals surface area contributed by atoms with Crippen LogP contribution in [0.2, 0.25) is 0 Å². The van der Waals surface area contributed by atoms with E-state index in [1.807, 2.05) is 0 Å². The zero-order valence-corrected chi connectivity index (χ0v) is 9.72. The van der Waals surface area contributed by atoms with Crippen molar-refractivity contribution in [3.8, 4) is 0 Å². The predicted molar refractivity (Wildman–Crippen MR) is 60.6 cm³/mol. The highest BCUT2D eigenvalue weighted by molar-refractivity contribution is 5.74. The first kappa shape index (κ1) is 13.7. The van der Waals surface area contributed by atoms with Gasteiger partial charge in [-0.05, 0) is 13.0 Å². The topological polar surface area (TPSA) is 105 Å². The van der Waals surface area contributed by atoms with Gasteiger partial charge in [0.15, 0.2) is 0 Å².